The third kappa shape index (κ3) is 3.39. The molecule has 2 aliphatic rings. The second-order valence-electron chi connectivity index (χ2n) is 7.56. The van der Waals surface area contributed by atoms with Crippen molar-refractivity contribution in [3.8, 4) is 0 Å². The lowest BCUT2D eigenvalue weighted by Gasteiger charge is -2.20. The van der Waals surface area contributed by atoms with Crippen LogP contribution in [-0.2, 0) is 0 Å². The monoisotopic (exact) mass is 368 g/mol. The van der Waals surface area contributed by atoms with Crippen LogP contribution in [0.3, 0.4) is 0 Å². The van der Waals surface area contributed by atoms with Crippen molar-refractivity contribution in [3.63, 3.8) is 0 Å². The fraction of sp³-hybridized carbons (Fsp3) is 0.474. The maximum atomic E-state index is 13.2. The number of rotatable bonds is 5. The predicted octanol–water partition coefficient (Wildman–Crippen LogP) is 2.47. The molecule has 8 nitrogen and oxygen atoms in total. The molecule has 0 bridgehead atoms. The highest BCUT2D eigenvalue weighted by Gasteiger charge is 2.38. The van der Waals surface area contributed by atoms with E-state index in [2.05, 4.69) is 32.5 Å². The van der Waals surface area contributed by atoms with Crippen molar-refractivity contribution < 1.29 is 9.21 Å². The second-order valence-corrected chi connectivity index (χ2v) is 7.56. The van der Waals surface area contributed by atoms with Crippen LogP contribution < -0.4 is 10.6 Å². The molecule has 27 heavy (non-hydrogen) atoms. The smallest absolute Gasteiger partial charge is 0.258 e. The lowest BCUT2D eigenvalue weighted by molar-refractivity contribution is 0.0806. The topological polar surface area (TPSA) is 95.7 Å². The number of amides is 1. The molecule has 8 heteroatoms. The Morgan fingerprint density at radius 3 is 2.85 bits per heavy atom. The first-order valence-corrected chi connectivity index (χ1v) is 9.12. The third-order valence-electron chi connectivity index (χ3n) is 5.05. The first-order valence-electron chi connectivity index (χ1n) is 9.12. The van der Waals surface area contributed by atoms with Crippen LogP contribution in [0.25, 0.3) is 11.1 Å². The van der Waals surface area contributed by atoms with Gasteiger partial charge in [-0.3, -0.25) is 4.79 Å². The van der Waals surface area contributed by atoms with E-state index in [4.69, 9.17) is 4.42 Å². The normalized spacial score (nSPS) is 17.8. The van der Waals surface area contributed by atoms with Crippen molar-refractivity contribution in [3.05, 3.63) is 29.4 Å². The van der Waals surface area contributed by atoms with Gasteiger partial charge in [0.05, 0.1) is 29.0 Å². The number of hydrogen-bond donors (Lipinski definition) is 2. The van der Waals surface area contributed by atoms with Crippen molar-refractivity contribution in [2.45, 2.75) is 39.2 Å². The summed E-state index contributed by atoms with van der Waals surface area (Å²) in [7, 11) is 1.77. The summed E-state index contributed by atoms with van der Waals surface area (Å²) in [4.78, 5) is 27.9. The number of furan rings is 1. The third-order valence-corrected chi connectivity index (χ3v) is 5.05. The Labute approximate surface area is 157 Å². The fourth-order valence-electron chi connectivity index (χ4n) is 3.22. The van der Waals surface area contributed by atoms with E-state index in [9.17, 15) is 4.79 Å². The second kappa shape index (κ2) is 6.37. The Hall–Kier alpha value is -2.90. The summed E-state index contributed by atoms with van der Waals surface area (Å²) in [6.07, 6.45) is 5.62. The molecule has 4 rings (SSSR count). The molecule has 142 valence electrons. The Morgan fingerprint density at radius 1 is 1.37 bits per heavy atom. The number of carbonyl (C=O) groups is 1. The van der Waals surface area contributed by atoms with Crippen molar-refractivity contribution >= 4 is 28.7 Å². The van der Waals surface area contributed by atoms with E-state index >= 15 is 0 Å². The molecule has 2 aromatic rings. The Balaban J connectivity index is 1.66. The lowest BCUT2D eigenvalue weighted by Crippen LogP contribution is -2.32. The lowest BCUT2D eigenvalue weighted by atomic mass is 10.1. The molecule has 0 saturated heterocycles. The summed E-state index contributed by atoms with van der Waals surface area (Å²) in [6, 6.07) is 0. The summed E-state index contributed by atoms with van der Waals surface area (Å²) in [5.74, 6) is 1.93. The van der Waals surface area contributed by atoms with Crippen LogP contribution in [0.2, 0.25) is 0 Å². The number of aromatic nitrogens is 2. The van der Waals surface area contributed by atoms with E-state index in [1.165, 1.54) is 6.33 Å². The van der Waals surface area contributed by atoms with Crippen molar-refractivity contribution in [1.82, 2.24) is 20.2 Å². The number of carbonyl (C=O) groups excluding carboxylic acids is 1. The highest BCUT2D eigenvalue weighted by atomic mass is 16.3. The van der Waals surface area contributed by atoms with Gasteiger partial charge in [0.25, 0.3) is 5.91 Å². The number of fused-ring (bicyclic) bond motifs is 1. The van der Waals surface area contributed by atoms with Crippen LogP contribution in [0, 0.1) is 6.92 Å². The molecule has 0 aromatic carbocycles. The molecule has 1 saturated carbocycles. The van der Waals surface area contributed by atoms with Crippen molar-refractivity contribution in [1.29, 1.82) is 0 Å². The zero-order valence-electron chi connectivity index (χ0n) is 16.1. The summed E-state index contributed by atoms with van der Waals surface area (Å²) in [5, 5.41) is 7.24. The van der Waals surface area contributed by atoms with Crippen molar-refractivity contribution in [2.75, 3.05) is 25.5 Å². The minimum Gasteiger partial charge on any atom is -0.442 e. The van der Waals surface area contributed by atoms with E-state index < -0.39 is 0 Å². The molecule has 1 aliphatic heterocycles. The fourth-order valence-corrected chi connectivity index (χ4v) is 3.22. The Kier molecular flexibility index (Phi) is 4.13. The van der Waals surface area contributed by atoms with Gasteiger partial charge in [0, 0.05) is 19.1 Å². The largest absolute Gasteiger partial charge is 0.442 e. The molecule has 2 N–H and O–H groups in total. The van der Waals surface area contributed by atoms with Crippen LogP contribution in [0.15, 0.2) is 27.5 Å². The van der Waals surface area contributed by atoms with Gasteiger partial charge in [-0.2, -0.15) is 0 Å². The van der Waals surface area contributed by atoms with E-state index in [0.717, 1.165) is 30.9 Å². The minimum absolute atomic E-state index is 0.0326. The van der Waals surface area contributed by atoms with Gasteiger partial charge in [-0.1, -0.05) is 0 Å². The molecular formula is C19H24N6O2. The number of hydrogen-bond acceptors (Lipinski definition) is 7. The number of likely N-dealkylation sites (N-methyl/N-ethyl adjacent to an activating group) is 1. The van der Waals surface area contributed by atoms with Gasteiger partial charge in [0.2, 0.25) is 5.71 Å². The van der Waals surface area contributed by atoms with Crippen LogP contribution >= 0.6 is 0 Å². The first-order chi connectivity index (χ1) is 12.9. The molecular weight excluding hydrogens is 344 g/mol. The molecule has 0 spiro atoms. The Bertz CT molecular complexity index is 970. The quantitative estimate of drug-likeness (QED) is 0.842. The Morgan fingerprint density at radius 2 is 2.15 bits per heavy atom. The van der Waals surface area contributed by atoms with Crippen LogP contribution in [-0.4, -0.2) is 52.3 Å². The molecule has 1 fully saturated rings. The number of aryl methyl sites for hydroxylation is 1. The zero-order valence-corrected chi connectivity index (χ0v) is 16.1. The molecule has 3 heterocycles. The van der Waals surface area contributed by atoms with Crippen LogP contribution in [0.1, 0.15) is 42.8 Å². The van der Waals surface area contributed by atoms with Gasteiger partial charge in [-0.25, -0.2) is 15.0 Å². The van der Waals surface area contributed by atoms with E-state index in [-0.39, 0.29) is 11.4 Å². The van der Waals surface area contributed by atoms with Gasteiger partial charge in [0.1, 0.15) is 17.9 Å². The average molecular weight is 368 g/mol. The van der Waals surface area contributed by atoms with E-state index in [0.29, 0.717) is 34.8 Å². The standard InChI is InChI=1S/C19H24N6O2/c1-11-14(18(26)25(4)9-13-5-8-20-12(2)23-13)15-16(24-19(3)6-7-19)21-10-22-17(15)27-11/h5,10H,6-9H2,1-4H3,(H,20,23)(H,21,22,24). The van der Waals surface area contributed by atoms with Gasteiger partial charge in [-0.15, -0.1) is 0 Å². The maximum absolute atomic E-state index is 13.2. The summed E-state index contributed by atoms with van der Waals surface area (Å²) >= 11 is 0. The molecule has 0 radical (unpaired) electrons. The average Bonchev–Trinajstić information content (AvgIpc) is 3.23. The molecule has 0 unspecified atom stereocenters. The van der Waals surface area contributed by atoms with Gasteiger partial charge < -0.3 is 20.0 Å². The van der Waals surface area contributed by atoms with E-state index in [1.807, 2.05) is 13.0 Å². The van der Waals surface area contributed by atoms with Gasteiger partial charge in [0.15, 0.2) is 0 Å². The SMILES string of the molecule is CC1=NC(CN(C)C(=O)c2c(C)oc3ncnc(NC4(C)CC4)c23)=CCN1. The van der Waals surface area contributed by atoms with Gasteiger partial charge >= 0.3 is 0 Å². The highest BCUT2D eigenvalue weighted by Crippen LogP contribution is 2.40. The first kappa shape index (κ1) is 17.5. The number of aliphatic imine (C=N–C) groups is 1. The number of nitrogens with one attached hydrogen (secondary N) is 2. The summed E-state index contributed by atoms with van der Waals surface area (Å²) in [6.45, 7) is 7.00. The molecule has 0 atom stereocenters. The number of amidine groups is 1. The van der Waals surface area contributed by atoms with E-state index in [1.54, 1.807) is 18.9 Å². The molecule has 1 aliphatic carbocycles. The summed E-state index contributed by atoms with van der Waals surface area (Å²) < 4.78 is 5.76. The number of anilines is 1. The highest BCUT2D eigenvalue weighted by molar-refractivity contribution is 6.10. The van der Waals surface area contributed by atoms with Crippen LogP contribution in [0.5, 0.6) is 0 Å². The predicted molar refractivity (Wildman–Crippen MR) is 104 cm³/mol. The van der Waals surface area contributed by atoms with Gasteiger partial charge in [-0.05, 0) is 39.7 Å². The van der Waals surface area contributed by atoms with Crippen LogP contribution in [0.4, 0.5) is 5.82 Å². The summed E-state index contributed by atoms with van der Waals surface area (Å²) in [5.41, 5.74) is 1.84. The molecule has 2 aromatic heterocycles. The minimum atomic E-state index is -0.127. The molecule has 1 amide bonds. The number of nitrogens with zero attached hydrogens (tertiary/aromatic N) is 4. The zero-order chi connectivity index (χ0) is 19.2. The van der Waals surface area contributed by atoms with Crippen molar-refractivity contribution in [2.24, 2.45) is 4.99 Å². The maximum Gasteiger partial charge on any atom is 0.258 e.